The fraction of sp³-hybridized carbons (Fsp3) is 0.500. The van der Waals surface area contributed by atoms with E-state index in [1.54, 1.807) is 22.6 Å². The lowest BCUT2D eigenvalue weighted by molar-refractivity contribution is -0.0514. The number of hydrogen-bond donors (Lipinski definition) is 7. The molecule has 0 aromatic carbocycles. The number of hydrogen-bond acceptors (Lipinski definition) is 13. The smallest absolute Gasteiger partial charge is 0.387 e. The number of ether oxygens (including phenoxy) is 1. The van der Waals surface area contributed by atoms with Crippen molar-refractivity contribution >= 4 is 63.0 Å². The standard InChI is InChI=1S/C10H15IN5O13P3/c11-10-15-4-7(12)13-2-14-8(4)16(10)9-6(18)5(17)3(27-9)1-26-31(22,23)29-32(24,25)28-30(19,20)21/h2-3,5-6,9,17-18H,1H2,(H,22,23)(H,24,25)(H2,12,13,14)(H2,19,20,21)/t3-,5-,6-,9-/m1/s1. The first-order chi connectivity index (χ1) is 14.6. The third kappa shape index (κ3) is 5.89. The summed E-state index contributed by atoms with van der Waals surface area (Å²) in [6.45, 7) is -0.960. The largest absolute Gasteiger partial charge is 0.490 e. The Morgan fingerprint density at radius 3 is 2.38 bits per heavy atom. The van der Waals surface area contributed by atoms with Crippen LogP contribution in [0, 0.1) is 3.83 Å². The number of rotatable bonds is 8. The van der Waals surface area contributed by atoms with E-state index in [1.807, 2.05) is 0 Å². The Balaban J connectivity index is 1.73. The molecule has 1 fully saturated rings. The number of phosphoric ester groups is 1. The molecule has 1 saturated heterocycles. The molecule has 2 aromatic rings. The Morgan fingerprint density at radius 1 is 1.09 bits per heavy atom. The summed E-state index contributed by atoms with van der Waals surface area (Å²) in [7, 11) is -16.7. The summed E-state index contributed by atoms with van der Waals surface area (Å²) in [5.74, 6) is 0.0453. The SMILES string of the molecule is Nc1ncnc2c1nc(I)n2[C@@H]1O[C@H](COP(=O)(O)OP(=O)(O)OP(=O)(O)O)[C@@H](O)[C@H]1O. The van der Waals surface area contributed by atoms with Gasteiger partial charge in [-0.25, -0.2) is 28.6 Å². The van der Waals surface area contributed by atoms with Gasteiger partial charge in [0.1, 0.15) is 24.6 Å². The predicted octanol–water partition coefficient (Wildman–Crippen LogP) is -1.02. The summed E-state index contributed by atoms with van der Waals surface area (Å²) in [5.41, 5.74) is 6.08. The van der Waals surface area contributed by atoms with Gasteiger partial charge in [0.15, 0.2) is 27.0 Å². The van der Waals surface area contributed by atoms with Gasteiger partial charge in [-0.05, 0) is 0 Å². The Bertz CT molecular complexity index is 1160. The van der Waals surface area contributed by atoms with E-state index in [-0.39, 0.29) is 20.8 Å². The number of phosphoric acid groups is 3. The zero-order valence-electron chi connectivity index (χ0n) is 15.2. The molecule has 180 valence electrons. The van der Waals surface area contributed by atoms with E-state index in [0.717, 1.165) is 6.33 Å². The van der Waals surface area contributed by atoms with Crippen molar-refractivity contribution in [1.29, 1.82) is 0 Å². The van der Waals surface area contributed by atoms with Crippen LogP contribution in [0.4, 0.5) is 5.82 Å². The highest BCUT2D eigenvalue weighted by atomic mass is 127. The van der Waals surface area contributed by atoms with Crippen LogP contribution < -0.4 is 5.73 Å². The first-order valence-electron chi connectivity index (χ1n) is 8.04. The summed E-state index contributed by atoms with van der Waals surface area (Å²) >= 11 is 1.79. The van der Waals surface area contributed by atoms with Crippen LogP contribution in [-0.4, -0.2) is 74.2 Å². The van der Waals surface area contributed by atoms with Gasteiger partial charge in [-0.1, -0.05) is 0 Å². The summed E-state index contributed by atoms with van der Waals surface area (Å²) in [4.78, 5) is 47.6. The summed E-state index contributed by atoms with van der Waals surface area (Å²) in [5, 5.41) is 20.6. The van der Waals surface area contributed by atoms with Crippen molar-refractivity contribution in [2.24, 2.45) is 0 Å². The topological polar surface area (TPSA) is 279 Å². The molecule has 6 atom stereocenters. The molecule has 2 unspecified atom stereocenters. The molecule has 18 nitrogen and oxygen atoms in total. The number of imidazole rings is 1. The Morgan fingerprint density at radius 2 is 1.75 bits per heavy atom. The fourth-order valence-electron chi connectivity index (χ4n) is 2.68. The zero-order valence-corrected chi connectivity index (χ0v) is 20.1. The maximum atomic E-state index is 11.8. The highest BCUT2D eigenvalue weighted by Gasteiger charge is 2.47. The van der Waals surface area contributed by atoms with Crippen LogP contribution in [0.3, 0.4) is 0 Å². The summed E-state index contributed by atoms with van der Waals surface area (Å²) in [6.07, 6.45) is -4.92. The monoisotopic (exact) mass is 633 g/mol. The number of anilines is 1. The van der Waals surface area contributed by atoms with Gasteiger partial charge in [-0.2, -0.15) is 8.62 Å². The average molecular weight is 633 g/mol. The predicted molar refractivity (Wildman–Crippen MR) is 108 cm³/mol. The van der Waals surface area contributed by atoms with Gasteiger partial charge in [-0.3, -0.25) is 9.09 Å². The average Bonchev–Trinajstić information content (AvgIpc) is 3.08. The number of nitrogen functional groups attached to an aromatic ring is 1. The Hall–Kier alpha value is -0.630. The molecule has 3 rings (SSSR count). The van der Waals surface area contributed by atoms with E-state index < -0.39 is 54.6 Å². The van der Waals surface area contributed by atoms with Crippen molar-refractivity contribution in [2.75, 3.05) is 12.3 Å². The maximum absolute atomic E-state index is 11.8. The third-order valence-corrected chi connectivity index (χ3v) is 8.44. The molecule has 2 aromatic heterocycles. The number of aromatic nitrogens is 4. The molecule has 32 heavy (non-hydrogen) atoms. The maximum Gasteiger partial charge on any atom is 0.490 e. The minimum absolute atomic E-state index is 0.0453. The van der Waals surface area contributed by atoms with Crippen LogP contribution in [0.2, 0.25) is 0 Å². The second kappa shape index (κ2) is 9.20. The van der Waals surface area contributed by atoms with E-state index in [4.69, 9.17) is 25.2 Å². The summed E-state index contributed by atoms with van der Waals surface area (Å²) in [6, 6.07) is 0. The Kier molecular flexibility index (Phi) is 7.47. The number of fused-ring (bicyclic) bond motifs is 1. The number of nitrogens with zero attached hydrogens (tertiary/aromatic N) is 4. The highest BCUT2D eigenvalue weighted by molar-refractivity contribution is 14.1. The number of aliphatic hydroxyl groups excluding tert-OH is 2. The molecular formula is C10H15IN5O13P3. The minimum atomic E-state index is -5.71. The molecule has 0 bridgehead atoms. The third-order valence-electron chi connectivity index (χ3n) is 3.87. The molecule has 22 heteroatoms. The molecule has 1 aliphatic heterocycles. The van der Waals surface area contributed by atoms with Gasteiger partial charge in [0.25, 0.3) is 0 Å². The Labute approximate surface area is 190 Å². The number of nitrogens with two attached hydrogens (primary N) is 1. The molecular weight excluding hydrogens is 618 g/mol. The summed E-state index contributed by atoms with van der Waals surface area (Å²) < 4.78 is 52.4. The zero-order chi connectivity index (χ0) is 24.1. The quantitative estimate of drug-likeness (QED) is 0.104. The molecule has 0 spiro atoms. The minimum Gasteiger partial charge on any atom is -0.387 e. The first kappa shape index (κ1) is 26.0. The van der Waals surface area contributed by atoms with Gasteiger partial charge in [0, 0.05) is 22.6 Å². The van der Waals surface area contributed by atoms with E-state index in [2.05, 4.69) is 28.1 Å². The molecule has 0 amide bonds. The van der Waals surface area contributed by atoms with Crippen molar-refractivity contribution in [3.63, 3.8) is 0 Å². The van der Waals surface area contributed by atoms with Gasteiger partial charge >= 0.3 is 23.5 Å². The van der Waals surface area contributed by atoms with Crippen molar-refractivity contribution in [1.82, 2.24) is 19.5 Å². The molecule has 8 N–H and O–H groups in total. The molecule has 0 saturated carbocycles. The van der Waals surface area contributed by atoms with Crippen molar-refractivity contribution in [3.05, 3.63) is 10.2 Å². The second-order valence-corrected chi connectivity index (χ2v) is 11.5. The van der Waals surface area contributed by atoms with Gasteiger partial charge in [0.2, 0.25) is 0 Å². The fourth-order valence-corrected chi connectivity index (χ4v) is 6.45. The number of halogens is 1. The van der Waals surface area contributed by atoms with Gasteiger partial charge < -0.3 is 40.3 Å². The second-order valence-electron chi connectivity index (χ2n) is 6.11. The lowest BCUT2D eigenvalue weighted by Gasteiger charge is -2.19. The lowest BCUT2D eigenvalue weighted by Crippen LogP contribution is -2.33. The lowest BCUT2D eigenvalue weighted by atomic mass is 10.1. The van der Waals surface area contributed by atoms with Crippen LogP contribution in [-0.2, 0) is 31.6 Å². The van der Waals surface area contributed by atoms with Crippen LogP contribution in [0.1, 0.15) is 6.23 Å². The van der Waals surface area contributed by atoms with Gasteiger partial charge in [-0.15, -0.1) is 0 Å². The highest BCUT2D eigenvalue weighted by Crippen LogP contribution is 2.66. The molecule has 0 aliphatic carbocycles. The van der Waals surface area contributed by atoms with E-state index in [0.29, 0.717) is 0 Å². The molecule has 3 heterocycles. The van der Waals surface area contributed by atoms with E-state index in [1.165, 1.54) is 4.57 Å². The first-order valence-corrected chi connectivity index (χ1v) is 13.6. The molecule has 1 aliphatic rings. The van der Waals surface area contributed by atoms with Crippen molar-refractivity contribution < 1.29 is 61.4 Å². The van der Waals surface area contributed by atoms with Crippen LogP contribution >= 0.6 is 46.1 Å². The number of aliphatic hydroxyl groups is 2. The van der Waals surface area contributed by atoms with Gasteiger partial charge in [0.05, 0.1) is 6.61 Å². The molecule has 0 radical (unpaired) electrons. The van der Waals surface area contributed by atoms with Crippen molar-refractivity contribution in [2.45, 2.75) is 24.5 Å². The van der Waals surface area contributed by atoms with E-state index in [9.17, 15) is 28.8 Å². The van der Waals surface area contributed by atoms with E-state index >= 15 is 0 Å². The van der Waals surface area contributed by atoms with Crippen molar-refractivity contribution in [3.8, 4) is 0 Å². The van der Waals surface area contributed by atoms with Crippen LogP contribution in [0.25, 0.3) is 11.2 Å². The van der Waals surface area contributed by atoms with Crippen LogP contribution in [0.15, 0.2) is 6.33 Å². The normalized spacial score (nSPS) is 28.0. The van der Waals surface area contributed by atoms with Crippen LogP contribution in [0.5, 0.6) is 0 Å².